The number of aliphatic carboxylic acids is 2. The van der Waals surface area contributed by atoms with Crippen molar-refractivity contribution in [2.24, 2.45) is 5.92 Å². The molecule has 0 saturated carbocycles. The van der Waals surface area contributed by atoms with Crippen molar-refractivity contribution in [2.45, 2.75) is 51.7 Å². The quantitative estimate of drug-likeness (QED) is 0.421. The Morgan fingerprint density at radius 1 is 1.04 bits per heavy atom. The molecule has 0 aliphatic heterocycles. The van der Waals surface area contributed by atoms with Crippen molar-refractivity contribution in [3.63, 3.8) is 0 Å². The van der Waals surface area contributed by atoms with E-state index >= 15 is 0 Å². The average molecular weight is 389 g/mol. The highest BCUT2D eigenvalue weighted by Crippen LogP contribution is 2.19. The van der Waals surface area contributed by atoms with Gasteiger partial charge in [0.2, 0.25) is 5.91 Å². The Balaban J connectivity index is 2.05. The highest BCUT2D eigenvalue weighted by molar-refractivity contribution is 5.88. The van der Waals surface area contributed by atoms with Gasteiger partial charge in [0, 0.05) is 23.5 Å². The molecule has 0 aliphatic rings. The molecule has 1 unspecified atom stereocenters. The van der Waals surface area contributed by atoms with E-state index in [1.807, 2.05) is 38.1 Å². The summed E-state index contributed by atoms with van der Waals surface area (Å²) in [7, 11) is 0. The number of aromatic amines is 1. The van der Waals surface area contributed by atoms with Crippen LogP contribution in [-0.2, 0) is 20.8 Å². The summed E-state index contributed by atoms with van der Waals surface area (Å²) in [5.74, 6) is -2.61. The van der Waals surface area contributed by atoms with Gasteiger partial charge in [-0.2, -0.15) is 0 Å². The van der Waals surface area contributed by atoms with Gasteiger partial charge in [0.1, 0.15) is 12.1 Å². The molecule has 0 spiro atoms. The topological polar surface area (TPSA) is 132 Å². The number of hydrogen-bond donors (Lipinski definition) is 5. The van der Waals surface area contributed by atoms with Crippen molar-refractivity contribution in [1.29, 1.82) is 0 Å². The molecule has 0 saturated heterocycles. The molecule has 5 N–H and O–H groups in total. The lowest BCUT2D eigenvalue weighted by Gasteiger charge is -2.23. The fourth-order valence-corrected chi connectivity index (χ4v) is 3.11. The Kier molecular flexibility index (Phi) is 7.17. The summed E-state index contributed by atoms with van der Waals surface area (Å²) >= 11 is 0. The minimum Gasteiger partial charge on any atom is -0.480 e. The first-order valence-electron chi connectivity index (χ1n) is 9.26. The molecule has 2 rings (SSSR count). The lowest BCUT2D eigenvalue weighted by molar-refractivity contribution is -0.143. The summed E-state index contributed by atoms with van der Waals surface area (Å²) in [6.45, 7) is 5.31. The number of benzene rings is 1. The number of carboxylic acid groups (broad SMARTS) is 2. The third kappa shape index (κ3) is 5.56. The van der Waals surface area contributed by atoms with E-state index in [4.69, 9.17) is 0 Å². The Hall–Kier alpha value is -2.87. The molecule has 0 radical (unpaired) electrons. The lowest BCUT2D eigenvalue weighted by Crippen LogP contribution is -2.53. The normalized spacial score (nSPS) is 14.6. The summed E-state index contributed by atoms with van der Waals surface area (Å²) in [5.41, 5.74) is 1.67. The monoisotopic (exact) mass is 389 g/mol. The summed E-state index contributed by atoms with van der Waals surface area (Å²) in [5, 5.41) is 25.0. The number of para-hydroxylation sites is 1. The molecular weight excluding hydrogens is 362 g/mol. The smallest absolute Gasteiger partial charge is 0.326 e. The summed E-state index contributed by atoms with van der Waals surface area (Å²) in [6.07, 6.45) is 2.22. The van der Waals surface area contributed by atoms with Crippen LogP contribution in [0.5, 0.6) is 0 Å². The zero-order chi connectivity index (χ0) is 20.8. The predicted molar refractivity (Wildman–Crippen MR) is 105 cm³/mol. The van der Waals surface area contributed by atoms with E-state index in [1.54, 1.807) is 6.20 Å². The molecule has 152 valence electrons. The minimum absolute atomic E-state index is 0.117. The zero-order valence-corrected chi connectivity index (χ0v) is 16.2. The van der Waals surface area contributed by atoms with Crippen LogP contribution in [-0.4, -0.2) is 51.2 Å². The van der Waals surface area contributed by atoms with Crippen molar-refractivity contribution in [3.8, 4) is 0 Å². The van der Waals surface area contributed by atoms with Gasteiger partial charge in [-0.3, -0.25) is 14.9 Å². The van der Waals surface area contributed by atoms with E-state index in [1.165, 1.54) is 6.92 Å². The number of carbonyl (C=O) groups is 3. The number of carboxylic acids is 2. The highest BCUT2D eigenvalue weighted by Gasteiger charge is 2.27. The Morgan fingerprint density at radius 2 is 1.68 bits per heavy atom. The van der Waals surface area contributed by atoms with E-state index < -0.39 is 36.0 Å². The molecule has 0 bridgehead atoms. The maximum atomic E-state index is 12.5. The minimum atomic E-state index is -1.15. The zero-order valence-electron chi connectivity index (χ0n) is 16.2. The third-order valence-electron chi connectivity index (χ3n) is 4.56. The molecule has 2 aromatic rings. The van der Waals surface area contributed by atoms with Crippen LogP contribution in [0.25, 0.3) is 10.9 Å². The van der Waals surface area contributed by atoms with Crippen LogP contribution < -0.4 is 10.6 Å². The van der Waals surface area contributed by atoms with Crippen LogP contribution in [0.15, 0.2) is 30.5 Å². The van der Waals surface area contributed by atoms with E-state index in [9.17, 15) is 24.6 Å². The Bertz CT molecular complexity index is 845. The van der Waals surface area contributed by atoms with Gasteiger partial charge in [0.15, 0.2) is 0 Å². The molecular formula is C20H27N3O5. The second-order valence-corrected chi connectivity index (χ2v) is 7.37. The van der Waals surface area contributed by atoms with E-state index in [0.29, 0.717) is 6.42 Å². The van der Waals surface area contributed by atoms with Gasteiger partial charge in [0.05, 0.1) is 6.04 Å². The maximum absolute atomic E-state index is 12.5. The van der Waals surface area contributed by atoms with Crippen LogP contribution >= 0.6 is 0 Å². The third-order valence-corrected chi connectivity index (χ3v) is 4.56. The number of amides is 1. The molecule has 8 heteroatoms. The SMILES string of the molecule is CC(C)CC(N[C@@H](C)C(=O)N[C@@H](Cc1c[nH]c2ccccc12)C(=O)O)C(=O)O. The van der Waals surface area contributed by atoms with E-state index in [2.05, 4.69) is 15.6 Å². The predicted octanol–water partition coefficient (Wildman–Crippen LogP) is 1.76. The number of fused-ring (bicyclic) bond motifs is 1. The fraction of sp³-hybridized carbons (Fsp3) is 0.450. The van der Waals surface area contributed by atoms with Crippen molar-refractivity contribution in [3.05, 3.63) is 36.0 Å². The first kappa shape index (κ1) is 21.4. The van der Waals surface area contributed by atoms with Crippen LogP contribution in [0.4, 0.5) is 0 Å². The number of hydrogen-bond acceptors (Lipinski definition) is 4. The van der Waals surface area contributed by atoms with Crippen molar-refractivity contribution in [2.75, 3.05) is 0 Å². The molecule has 0 aliphatic carbocycles. The lowest BCUT2D eigenvalue weighted by atomic mass is 10.0. The Morgan fingerprint density at radius 3 is 2.29 bits per heavy atom. The second kappa shape index (κ2) is 9.36. The van der Waals surface area contributed by atoms with Gasteiger partial charge in [-0.1, -0.05) is 32.0 Å². The molecule has 28 heavy (non-hydrogen) atoms. The highest BCUT2D eigenvalue weighted by atomic mass is 16.4. The van der Waals surface area contributed by atoms with Crippen molar-refractivity contribution < 1.29 is 24.6 Å². The molecule has 1 aromatic carbocycles. The Labute approximate surface area is 163 Å². The first-order chi connectivity index (χ1) is 13.2. The van der Waals surface area contributed by atoms with E-state index in [-0.39, 0.29) is 12.3 Å². The fourth-order valence-electron chi connectivity index (χ4n) is 3.11. The number of nitrogens with one attached hydrogen (secondary N) is 3. The van der Waals surface area contributed by atoms with Gasteiger partial charge >= 0.3 is 11.9 Å². The van der Waals surface area contributed by atoms with Crippen LogP contribution in [0, 0.1) is 5.92 Å². The summed E-state index contributed by atoms with van der Waals surface area (Å²) in [4.78, 5) is 38.6. The second-order valence-electron chi connectivity index (χ2n) is 7.37. The molecule has 8 nitrogen and oxygen atoms in total. The van der Waals surface area contributed by atoms with Gasteiger partial charge in [-0.15, -0.1) is 0 Å². The summed E-state index contributed by atoms with van der Waals surface area (Å²) < 4.78 is 0. The molecule has 0 fully saturated rings. The standard InChI is InChI=1S/C20H27N3O5/c1-11(2)8-16(19(25)26)22-12(3)18(24)23-17(20(27)28)9-13-10-21-15-7-5-4-6-14(13)15/h4-7,10-12,16-17,21-22H,8-9H2,1-3H3,(H,23,24)(H,25,26)(H,27,28)/t12-,16?,17-/m0/s1. The van der Waals surface area contributed by atoms with E-state index in [0.717, 1.165) is 16.5 Å². The van der Waals surface area contributed by atoms with Gasteiger partial charge in [-0.05, 0) is 30.9 Å². The van der Waals surface area contributed by atoms with Gasteiger partial charge in [0.25, 0.3) is 0 Å². The molecule has 1 heterocycles. The molecule has 3 atom stereocenters. The number of H-pyrrole nitrogens is 1. The van der Waals surface area contributed by atoms with Gasteiger partial charge < -0.3 is 20.5 Å². The van der Waals surface area contributed by atoms with Crippen molar-refractivity contribution in [1.82, 2.24) is 15.6 Å². The van der Waals surface area contributed by atoms with Crippen LogP contribution in [0.1, 0.15) is 32.8 Å². The molecule has 1 aromatic heterocycles. The molecule has 1 amide bonds. The first-order valence-corrected chi connectivity index (χ1v) is 9.26. The number of rotatable bonds is 10. The van der Waals surface area contributed by atoms with Crippen LogP contribution in [0.3, 0.4) is 0 Å². The number of aromatic nitrogens is 1. The van der Waals surface area contributed by atoms with Crippen molar-refractivity contribution >= 4 is 28.7 Å². The number of carbonyl (C=O) groups excluding carboxylic acids is 1. The van der Waals surface area contributed by atoms with Gasteiger partial charge in [-0.25, -0.2) is 4.79 Å². The average Bonchev–Trinajstić information content (AvgIpc) is 3.03. The summed E-state index contributed by atoms with van der Waals surface area (Å²) in [6, 6.07) is 4.67. The van der Waals surface area contributed by atoms with Crippen LogP contribution in [0.2, 0.25) is 0 Å². The maximum Gasteiger partial charge on any atom is 0.326 e. The largest absolute Gasteiger partial charge is 0.480 e.